The van der Waals surface area contributed by atoms with Gasteiger partial charge >= 0.3 is 0 Å². The van der Waals surface area contributed by atoms with Crippen LogP contribution < -0.4 is 0 Å². The molecule has 3 saturated heterocycles. The van der Waals surface area contributed by atoms with Crippen LogP contribution in [0.25, 0.3) is 0 Å². The second kappa shape index (κ2) is 12.8. The van der Waals surface area contributed by atoms with Crippen LogP contribution in [-0.2, 0) is 19.1 Å². The molecule has 3 aliphatic rings. The highest BCUT2D eigenvalue weighted by Crippen LogP contribution is 2.59. The Morgan fingerprint density at radius 2 is 1.84 bits per heavy atom. The molecule has 0 aromatic rings. The minimum absolute atomic E-state index is 0.0286. The van der Waals surface area contributed by atoms with Crippen LogP contribution in [0.2, 0.25) is 0 Å². The maximum absolute atomic E-state index is 14.5. The topological polar surface area (TPSA) is 90.4 Å². The summed E-state index contributed by atoms with van der Waals surface area (Å²) in [6, 6.07) is -1.46. The molecule has 0 aromatic heterocycles. The number of carbonyl (C=O) groups excluding carboxylic acids is 3. The van der Waals surface area contributed by atoms with E-state index in [0.717, 1.165) is 25.7 Å². The summed E-state index contributed by atoms with van der Waals surface area (Å²) < 4.78 is 6.64. The van der Waals surface area contributed by atoms with E-state index in [9.17, 15) is 19.5 Å². The fraction of sp³-hybridized carbons (Fsp3) is 0.767. The van der Waals surface area contributed by atoms with Crippen molar-refractivity contribution in [3.05, 3.63) is 25.3 Å². The fourth-order valence-corrected chi connectivity index (χ4v) is 7.11. The third kappa shape index (κ3) is 5.06. The van der Waals surface area contributed by atoms with Crippen molar-refractivity contribution in [1.82, 2.24) is 14.7 Å². The van der Waals surface area contributed by atoms with E-state index in [1.807, 2.05) is 27.7 Å². The molecule has 1 N–H and O–H groups in total. The van der Waals surface area contributed by atoms with Gasteiger partial charge < -0.3 is 24.5 Å². The lowest BCUT2D eigenvalue weighted by molar-refractivity contribution is -0.154. The van der Waals surface area contributed by atoms with Crippen LogP contribution in [0.1, 0.15) is 73.1 Å². The Hall–Kier alpha value is -2.19. The fourth-order valence-electron chi connectivity index (χ4n) is 7.11. The van der Waals surface area contributed by atoms with E-state index in [1.165, 1.54) is 0 Å². The first kappa shape index (κ1) is 30.4. The van der Waals surface area contributed by atoms with E-state index in [0.29, 0.717) is 32.5 Å². The molecular weight excluding hydrogens is 482 g/mol. The van der Waals surface area contributed by atoms with E-state index in [2.05, 4.69) is 20.1 Å². The average Bonchev–Trinajstić information content (AvgIpc) is 3.54. The number of rotatable bonds is 15. The predicted octanol–water partition coefficient (Wildman–Crippen LogP) is 3.40. The molecule has 8 nitrogen and oxygen atoms in total. The van der Waals surface area contributed by atoms with E-state index in [1.54, 1.807) is 26.9 Å². The zero-order valence-electron chi connectivity index (χ0n) is 24.1. The standard InChI is InChI=1S/C30H49N3O5/c1-8-13-21(7)32(18-11-4)29(37)26-30-15-14-23(38-30)24(27(35)31(16-9-2)17-10-3)25(30)28(36)33(26)22(19-34)20(6)12-5/h9,11,20-26,34H,2,4,8,10,12-19H2,1,3,5-7H3/t20-,21?,22-,23-,24+,25-,26?,30?/m0/s1. The van der Waals surface area contributed by atoms with Gasteiger partial charge in [0, 0.05) is 25.7 Å². The average molecular weight is 532 g/mol. The summed E-state index contributed by atoms with van der Waals surface area (Å²) in [5.41, 5.74) is -1.07. The highest BCUT2D eigenvalue weighted by atomic mass is 16.5. The van der Waals surface area contributed by atoms with Gasteiger partial charge in [-0.05, 0) is 38.5 Å². The van der Waals surface area contributed by atoms with Crippen molar-refractivity contribution in [2.24, 2.45) is 17.8 Å². The molecule has 3 rings (SSSR count). The lowest BCUT2D eigenvalue weighted by atomic mass is 9.70. The first-order chi connectivity index (χ1) is 18.2. The molecule has 3 fully saturated rings. The summed E-state index contributed by atoms with van der Waals surface area (Å²) in [4.78, 5) is 48.0. The highest BCUT2D eigenvalue weighted by Gasteiger charge is 2.75. The molecule has 0 radical (unpaired) electrons. The number of hydrogen-bond acceptors (Lipinski definition) is 5. The highest BCUT2D eigenvalue weighted by molar-refractivity contribution is 5.99. The normalized spacial score (nSPS) is 30.1. The molecule has 8 heteroatoms. The van der Waals surface area contributed by atoms with Crippen LogP contribution in [0.3, 0.4) is 0 Å². The zero-order chi connectivity index (χ0) is 28.2. The number of carbonyl (C=O) groups is 3. The monoisotopic (exact) mass is 531 g/mol. The molecule has 3 amide bonds. The van der Waals surface area contributed by atoms with Crippen LogP contribution in [0, 0.1) is 17.8 Å². The Kier molecular flexibility index (Phi) is 10.2. The first-order valence-corrected chi connectivity index (χ1v) is 14.6. The summed E-state index contributed by atoms with van der Waals surface area (Å²) in [5, 5.41) is 10.5. The lowest BCUT2D eigenvalue weighted by Crippen LogP contribution is -2.60. The summed E-state index contributed by atoms with van der Waals surface area (Å²) in [6.07, 6.45) is 7.48. The molecule has 38 heavy (non-hydrogen) atoms. The largest absolute Gasteiger partial charge is 0.394 e. The van der Waals surface area contributed by atoms with Crippen molar-refractivity contribution in [2.45, 2.75) is 103 Å². The van der Waals surface area contributed by atoms with Crippen molar-refractivity contribution in [3.63, 3.8) is 0 Å². The Morgan fingerprint density at radius 3 is 2.39 bits per heavy atom. The Balaban J connectivity index is 2.12. The van der Waals surface area contributed by atoms with Gasteiger partial charge in [-0.25, -0.2) is 0 Å². The second-order valence-electron chi connectivity index (χ2n) is 11.4. The van der Waals surface area contributed by atoms with Crippen molar-refractivity contribution >= 4 is 17.7 Å². The Bertz CT molecular complexity index is 893. The smallest absolute Gasteiger partial charge is 0.248 e. The number of nitrogens with zero attached hydrogens (tertiary/aromatic N) is 3. The molecule has 1 spiro atoms. The van der Waals surface area contributed by atoms with Gasteiger partial charge in [0.05, 0.1) is 30.6 Å². The zero-order valence-corrected chi connectivity index (χ0v) is 24.1. The van der Waals surface area contributed by atoms with Crippen molar-refractivity contribution in [3.8, 4) is 0 Å². The van der Waals surface area contributed by atoms with E-state index in [-0.39, 0.29) is 36.3 Å². The Labute approximate surface area is 229 Å². The van der Waals surface area contributed by atoms with Gasteiger partial charge in [-0.1, -0.05) is 52.7 Å². The number of aliphatic hydroxyl groups is 1. The van der Waals surface area contributed by atoms with Gasteiger partial charge in [-0.3, -0.25) is 14.4 Å². The van der Waals surface area contributed by atoms with Crippen molar-refractivity contribution < 1.29 is 24.2 Å². The van der Waals surface area contributed by atoms with Crippen molar-refractivity contribution in [2.75, 3.05) is 26.2 Å². The molecule has 2 bridgehead atoms. The molecular formula is C30H49N3O5. The summed E-state index contributed by atoms with van der Waals surface area (Å²) in [6.45, 7) is 18.9. The predicted molar refractivity (Wildman–Crippen MR) is 148 cm³/mol. The molecule has 0 aliphatic carbocycles. The third-order valence-corrected chi connectivity index (χ3v) is 9.10. The van der Waals surface area contributed by atoms with E-state index >= 15 is 0 Å². The van der Waals surface area contributed by atoms with Crippen LogP contribution in [0.4, 0.5) is 0 Å². The molecule has 8 atom stereocenters. The quantitative estimate of drug-likeness (QED) is 0.327. The van der Waals surface area contributed by atoms with Gasteiger partial charge in [0.2, 0.25) is 17.7 Å². The van der Waals surface area contributed by atoms with Gasteiger partial charge in [0.25, 0.3) is 0 Å². The molecule has 3 unspecified atom stereocenters. The summed E-state index contributed by atoms with van der Waals surface area (Å²) in [5.74, 6) is -1.92. The summed E-state index contributed by atoms with van der Waals surface area (Å²) in [7, 11) is 0. The number of aliphatic hydroxyl groups excluding tert-OH is 1. The number of likely N-dealkylation sites (tertiary alicyclic amines) is 1. The van der Waals surface area contributed by atoms with Crippen LogP contribution >= 0.6 is 0 Å². The number of amides is 3. The summed E-state index contributed by atoms with van der Waals surface area (Å²) >= 11 is 0. The second-order valence-corrected chi connectivity index (χ2v) is 11.4. The molecule has 0 saturated carbocycles. The molecule has 3 heterocycles. The van der Waals surface area contributed by atoms with E-state index in [4.69, 9.17) is 4.74 Å². The molecule has 0 aromatic carbocycles. The van der Waals surface area contributed by atoms with Crippen LogP contribution in [0.5, 0.6) is 0 Å². The maximum atomic E-state index is 14.5. The minimum atomic E-state index is -1.07. The van der Waals surface area contributed by atoms with Gasteiger partial charge in [-0.2, -0.15) is 0 Å². The Morgan fingerprint density at radius 1 is 1.16 bits per heavy atom. The van der Waals surface area contributed by atoms with Gasteiger partial charge in [-0.15, -0.1) is 13.2 Å². The minimum Gasteiger partial charge on any atom is -0.394 e. The van der Waals surface area contributed by atoms with E-state index < -0.39 is 35.6 Å². The van der Waals surface area contributed by atoms with Crippen LogP contribution in [-0.4, -0.2) is 93.6 Å². The number of ether oxygens (including phenoxy) is 1. The number of fused-ring (bicyclic) bond motifs is 1. The first-order valence-electron chi connectivity index (χ1n) is 14.6. The van der Waals surface area contributed by atoms with Crippen LogP contribution in [0.15, 0.2) is 25.3 Å². The van der Waals surface area contributed by atoms with Crippen molar-refractivity contribution in [1.29, 1.82) is 0 Å². The van der Waals surface area contributed by atoms with Gasteiger partial charge in [0.15, 0.2) is 0 Å². The number of hydrogen-bond donors (Lipinski definition) is 1. The molecule has 3 aliphatic heterocycles. The molecule has 214 valence electrons. The van der Waals surface area contributed by atoms with Gasteiger partial charge in [0.1, 0.15) is 11.6 Å². The third-order valence-electron chi connectivity index (χ3n) is 9.10. The SMILES string of the molecule is C=CCN(CCC)C(=O)[C@@H]1[C@@H]2CCC3(O2)C(C(=O)N(CC=C)C(C)CCC)N([C@@H](CO)[C@@H](C)CC)C(=O)[C@H]13. The maximum Gasteiger partial charge on any atom is 0.248 e. The lowest BCUT2D eigenvalue weighted by Gasteiger charge is -2.42.